The average Bonchev–Trinajstić information content (AvgIpc) is 2.89. The van der Waals surface area contributed by atoms with Crippen molar-refractivity contribution in [3.8, 4) is 10.6 Å². The van der Waals surface area contributed by atoms with Crippen molar-refractivity contribution in [3.63, 3.8) is 0 Å². The van der Waals surface area contributed by atoms with Crippen LogP contribution in [0.25, 0.3) is 20.8 Å². The average molecular weight is 297 g/mol. The van der Waals surface area contributed by atoms with Crippen LogP contribution in [0.1, 0.15) is 24.0 Å². The summed E-state index contributed by atoms with van der Waals surface area (Å²) in [4.78, 5) is 15.7. The number of thiazole rings is 1. The molecule has 0 fully saturated rings. The number of nitrogens with zero attached hydrogens (tertiary/aromatic N) is 1. The molecule has 0 unspecified atom stereocenters. The number of hydrogen-bond donors (Lipinski definition) is 1. The molecule has 1 atom stereocenters. The molecule has 0 aliphatic carbocycles. The topological polar surface area (TPSA) is 50.2 Å². The summed E-state index contributed by atoms with van der Waals surface area (Å²) in [5.41, 5.74) is 3.96. The molecule has 0 saturated heterocycles. The van der Waals surface area contributed by atoms with E-state index in [1.165, 1.54) is 5.56 Å². The molecule has 0 radical (unpaired) electrons. The van der Waals surface area contributed by atoms with Crippen LogP contribution in [-0.4, -0.2) is 16.1 Å². The molecule has 0 bridgehead atoms. The SMILES string of the molecule is Cc1ccc(-c2nc3cc([C@H](C)C(=O)O)ccc3s2)cc1. The summed E-state index contributed by atoms with van der Waals surface area (Å²) in [6.07, 6.45) is 0. The Bertz CT molecular complexity index is 805. The van der Waals surface area contributed by atoms with Gasteiger partial charge in [0.1, 0.15) is 5.01 Å². The van der Waals surface area contributed by atoms with Crippen molar-refractivity contribution >= 4 is 27.5 Å². The van der Waals surface area contributed by atoms with Gasteiger partial charge in [-0.1, -0.05) is 35.9 Å². The lowest BCUT2D eigenvalue weighted by Gasteiger charge is -2.05. The van der Waals surface area contributed by atoms with E-state index in [9.17, 15) is 4.79 Å². The number of carbonyl (C=O) groups is 1. The van der Waals surface area contributed by atoms with Crippen LogP contribution in [0.15, 0.2) is 42.5 Å². The van der Waals surface area contributed by atoms with Gasteiger partial charge in [-0.15, -0.1) is 11.3 Å². The molecule has 3 rings (SSSR count). The van der Waals surface area contributed by atoms with Crippen molar-refractivity contribution in [2.45, 2.75) is 19.8 Å². The molecule has 3 aromatic rings. The van der Waals surface area contributed by atoms with Gasteiger partial charge in [0.05, 0.1) is 16.1 Å². The smallest absolute Gasteiger partial charge is 0.310 e. The van der Waals surface area contributed by atoms with Crippen molar-refractivity contribution in [1.29, 1.82) is 0 Å². The van der Waals surface area contributed by atoms with Crippen LogP contribution in [0.3, 0.4) is 0 Å². The zero-order valence-corrected chi connectivity index (χ0v) is 12.6. The molecule has 1 aromatic heterocycles. The quantitative estimate of drug-likeness (QED) is 0.776. The summed E-state index contributed by atoms with van der Waals surface area (Å²) in [7, 11) is 0. The van der Waals surface area contributed by atoms with E-state index in [1.54, 1.807) is 18.3 Å². The predicted molar refractivity (Wildman–Crippen MR) is 85.8 cm³/mol. The number of carboxylic acid groups (broad SMARTS) is 1. The Morgan fingerprint density at radius 1 is 1.19 bits per heavy atom. The Kier molecular flexibility index (Phi) is 3.47. The fourth-order valence-electron chi connectivity index (χ4n) is 2.18. The van der Waals surface area contributed by atoms with Crippen molar-refractivity contribution in [2.75, 3.05) is 0 Å². The molecule has 0 saturated carbocycles. The lowest BCUT2D eigenvalue weighted by molar-refractivity contribution is -0.138. The lowest BCUT2D eigenvalue weighted by Crippen LogP contribution is -2.06. The van der Waals surface area contributed by atoms with Crippen LogP contribution >= 0.6 is 11.3 Å². The molecule has 21 heavy (non-hydrogen) atoms. The van der Waals surface area contributed by atoms with E-state index >= 15 is 0 Å². The fraction of sp³-hybridized carbons (Fsp3) is 0.176. The highest BCUT2D eigenvalue weighted by atomic mass is 32.1. The molecule has 106 valence electrons. The van der Waals surface area contributed by atoms with Crippen LogP contribution in [0, 0.1) is 6.92 Å². The van der Waals surface area contributed by atoms with E-state index in [0.717, 1.165) is 26.4 Å². The first kappa shape index (κ1) is 13.8. The van der Waals surface area contributed by atoms with Crippen LogP contribution in [0.2, 0.25) is 0 Å². The number of hydrogen-bond acceptors (Lipinski definition) is 3. The number of aliphatic carboxylic acids is 1. The summed E-state index contributed by atoms with van der Waals surface area (Å²) in [6, 6.07) is 14.0. The van der Waals surface area contributed by atoms with Crippen LogP contribution in [-0.2, 0) is 4.79 Å². The molecule has 0 aliphatic heterocycles. The van der Waals surface area contributed by atoms with Gasteiger partial charge < -0.3 is 5.11 Å². The molecule has 0 amide bonds. The van der Waals surface area contributed by atoms with Crippen LogP contribution in [0.5, 0.6) is 0 Å². The Morgan fingerprint density at radius 2 is 1.90 bits per heavy atom. The molecule has 2 aromatic carbocycles. The van der Waals surface area contributed by atoms with Gasteiger partial charge in [0.2, 0.25) is 0 Å². The summed E-state index contributed by atoms with van der Waals surface area (Å²) < 4.78 is 1.08. The van der Waals surface area contributed by atoms with E-state index in [4.69, 9.17) is 5.11 Å². The van der Waals surface area contributed by atoms with Crippen LogP contribution < -0.4 is 0 Å². The molecule has 3 nitrogen and oxygen atoms in total. The maximum atomic E-state index is 11.1. The molecule has 4 heteroatoms. The molecular formula is C17H15NO2S. The van der Waals surface area contributed by atoms with E-state index in [1.807, 2.05) is 18.2 Å². The first-order valence-electron chi connectivity index (χ1n) is 6.75. The maximum absolute atomic E-state index is 11.1. The van der Waals surface area contributed by atoms with Crippen molar-refractivity contribution in [3.05, 3.63) is 53.6 Å². The second kappa shape index (κ2) is 5.30. The third-order valence-corrected chi connectivity index (χ3v) is 4.67. The molecule has 0 aliphatic rings. The third-order valence-electron chi connectivity index (χ3n) is 3.58. The second-order valence-electron chi connectivity index (χ2n) is 5.17. The van der Waals surface area contributed by atoms with Crippen molar-refractivity contribution in [2.24, 2.45) is 0 Å². The van der Waals surface area contributed by atoms with Gasteiger partial charge in [0.15, 0.2) is 0 Å². The van der Waals surface area contributed by atoms with E-state index in [2.05, 4.69) is 36.2 Å². The zero-order chi connectivity index (χ0) is 15.0. The van der Waals surface area contributed by atoms with Crippen molar-refractivity contribution < 1.29 is 9.90 Å². The summed E-state index contributed by atoms with van der Waals surface area (Å²) in [6.45, 7) is 3.75. The highest BCUT2D eigenvalue weighted by molar-refractivity contribution is 7.21. The standard InChI is InChI=1S/C17H15NO2S/c1-10-3-5-12(6-4-10)16-18-14-9-13(11(2)17(19)20)7-8-15(14)21-16/h3-9,11H,1-2H3,(H,19,20)/t11-/m0/s1. The van der Waals surface area contributed by atoms with Gasteiger partial charge in [-0.25, -0.2) is 4.98 Å². The fourth-order valence-corrected chi connectivity index (χ4v) is 3.13. The van der Waals surface area contributed by atoms with Gasteiger partial charge in [-0.05, 0) is 31.5 Å². The van der Waals surface area contributed by atoms with E-state index < -0.39 is 11.9 Å². The van der Waals surface area contributed by atoms with Gasteiger partial charge in [-0.3, -0.25) is 4.79 Å². The maximum Gasteiger partial charge on any atom is 0.310 e. The number of aromatic nitrogens is 1. The number of benzene rings is 2. The van der Waals surface area contributed by atoms with E-state index in [-0.39, 0.29) is 0 Å². The van der Waals surface area contributed by atoms with E-state index in [0.29, 0.717) is 0 Å². The lowest BCUT2D eigenvalue weighted by atomic mass is 10.0. The number of aryl methyl sites for hydroxylation is 1. The van der Waals surface area contributed by atoms with Gasteiger partial charge in [-0.2, -0.15) is 0 Å². The highest BCUT2D eigenvalue weighted by Crippen LogP contribution is 2.32. The minimum absolute atomic E-state index is 0.515. The summed E-state index contributed by atoms with van der Waals surface area (Å²) >= 11 is 1.63. The Balaban J connectivity index is 2.04. The second-order valence-corrected chi connectivity index (χ2v) is 6.20. The Morgan fingerprint density at radius 3 is 2.57 bits per heavy atom. The normalized spacial score (nSPS) is 12.5. The minimum Gasteiger partial charge on any atom is -0.481 e. The number of rotatable bonds is 3. The monoisotopic (exact) mass is 297 g/mol. The highest BCUT2D eigenvalue weighted by Gasteiger charge is 2.15. The van der Waals surface area contributed by atoms with Gasteiger partial charge in [0.25, 0.3) is 0 Å². The summed E-state index contributed by atoms with van der Waals surface area (Å²) in [5, 5.41) is 10.1. The Labute approximate surface area is 126 Å². The minimum atomic E-state index is -0.816. The third kappa shape index (κ3) is 2.67. The summed E-state index contributed by atoms with van der Waals surface area (Å²) in [5.74, 6) is -1.33. The van der Waals surface area contributed by atoms with Gasteiger partial charge >= 0.3 is 5.97 Å². The first-order valence-corrected chi connectivity index (χ1v) is 7.56. The molecule has 0 spiro atoms. The zero-order valence-electron chi connectivity index (χ0n) is 11.8. The van der Waals surface area contributed by atoms with Crippen molar-refractivity contribution in [1.82, 2.24) is 4.98 Å². The number of carboxylic acids is 1. The predicted octanol–water partition coefficient (Wildman–Crippen LogP) is 4.46. The number of fused-ring (bicyclic) bond motifs is 1. The molecular weight excluding hydrogens is 282 g/mol. The van der Waals surface area contributed by atoms with Crippen LogP contribution in [0.4, 0.5) is 0 Å². The molecule has 1 N–H and O–H groups in total. The van der Waals surface area contributed by atoms with Gasteiger partial charge in [0, 0.05) is 5.56 Å². The first-order chi connectivity index (χ1) is 10.0. The Hall–Kier alpha value is -2.20. The molecule has 1 heterocycles. The largest absolute Gasteiger partial charge is 0.481 e.